The number of hydrogen-bond acceptors (Lipinski definition) is 2. The molecule has 0 bridgehead atoms. The fraction of sp³-hybridized carbons (Fsp3) is 0.600. The van der Waals surface area contributed by atoms with E-state index in [9.17, 15) is 0 Å². The second-order valence-corrected chi connectivity index (χ2v) is 9.43. The van der Waals surface area contributed by atoms with Gasteiger partial charge in [0.1, 0.15) is 5.76 Å². The minimum atomic E-state index is -1.18. The van der Waals surface area contributed by atoms with Crippen LogP contribution < -0.4 is 0 Å². The summed E-state index contributed by atoms with van der Waals surface area (Å²) in [5, 5.41) is 8.75. The van der Waals surface area contributed by atoms with E-state index in [-0.39, 0.29) is 0 Å². The molecule has 0 saturated heterocycles. The van der Waals surface area contributed by atoms with Gasteiger partial charge in [0, 0.05) is 12.7 Å². The Morgan fingerprint density at radius 1 is 1.46 bits per heavy atom. The van der Waals surface area contributed by atoms with E-state index in [1.54, 1.807) is 6.26 Å². The third-order valence-corrected chi connectivity index (χ3v) is 5.26. The molecule has 0 saturated carbocycles. The van der Waals surface area contributed by atoms with E-state index in [0.29, 0.717) is 6.61 Å². The van der Waals surface area contributed by atoms with Crippen molar-refractivity contribution < 1.29 is 9.52 Å². The molecule has 0 radical (unpaired) electrons. The molecule has 0 fully saturated rings. The number of aliphatic hydroxyl groups is 1. The maximum absolute atomic E-state index is 8.75. The van der Waals surface area contributed by atoms with Gasteiger partial charge in [0.15, 0.2) is 0 Å². The van der Waals surface area contributed by atoms with Gasteiger partial charge in [0.2, 0.25) is 0 Å². The van der Waals surface area contributed by atoms with Crippen molar-refractivity contribution in [3.8, 4) is 0 Å². The van der Waals surface area contributed by atoms with Crippen molar-refractivity contribution in [2.24, 2.45) is 0 Å². The van der Waals surface area contributed by atoms with E-state index in [4.69, 9.17) is 9.52 Å². The highest BCUT2D eigenvalue weighted by molar-refractivity contribution is 6.76. The van der Waals surface area contributed by atoms with Crippen molar-refractivity contribution in [3.05, 3.63) is 24.2 Å². The van der Waals surface area contributed by atoms with Gasteiger partial charge in [-0.1, -0.05) is 19.1 Å². The summed E-state index contributed by atoms with van der Waals surface area (Å²) in [7, 11) is -1.18. The Kier molecular flexibility index (Phi) is 3.75. The predicted octanol–water partition coefficient (Wildman–Crippen LogP) is 2.45. The Balaban J connectivity index is 2.42. The standard InChI is InChI=1S/C10H18O2Si/c1-13(2,8-4-6-11)9-10-5-3-7-12-10/h3,5,7,11H,4,6,8-9H2,1-2H3. The Bertz CT molecular complexity index is 229. The summed E-state index contributed by atoms with van der Waals surface area (Å²) in [6.45, 7) is 4.99. The first-order valence-electron chi connectivity index (χ1n) is 4.77. The summed E-state index contributed by atoms with van der Waals surface area (Å²) in [6, 6.07) is 6.23. The van der Waals surface area contributed by atoms with Gasteiger partial charge in [-0.2, -0.15) is 0 Å². The van der Waals surface area contributed by atoms with E-state index in [0.717, 1.165) is 18.2 Å². The molecule has 0 unspecified atom stereocenters. The average Bonchev–Trinajstić information content (AvgIpc) is 2.52. The molecular formula is C10H18O2Si. The van der Waals surface area contributed by atoms with Crippen LogP contribution >= 0.6 is 0 Å². The molecule has 13 heavy (non-hydrogen) atoms. The largest absolute Gasteiger partial charge is 0.470 e. The fourth-order valence-corrected chi connectivity index (χ4v) is 3.97. The number of rotatable bonds is 5. The van der Waals surface area contributed by atoms with E-state index >= 15 is 0 Å². The third-order valence-electron chi connectivity index (χ3n) is 2.24. The summed E-state index contributed by atoms with van der Waals surface area (Å²) >= 11 is 0. The van der Waals surface area contributed by atoms with Crippen molar-refractivity contribution >= 4 is 8.07 Å². The van der Waals surface area contributed by atoms with Crippen LogP contribution in [0.5, 0.6) is 0 Å². The SMILES string of the molecule is C[Si](C)(CCCO)Cc1ccco1. The van der Waals surface area contributed by atoms with E-state index < -0.39 is 8.07 Å². The number of hydrogen-bond donors (Lipinski definition) is 1. The lowest BCUT2D eigenvalue weighted by molar-refractivity contribution is 0.294. The summed E-state index contributed by atoms with van der Waals surface area (Å²) < 4.78 is 5.32. The zero-order chi connectivity index (χ0) is 9.73. The highest BCUT2D eigenvalue weighted by atomic mass is 28.3. The maximum Gasteiger partial charge on any atom is 0.101 e. The first-order valence-corrected chi connectivity index (χ1v) is 8.19. The second-order valence-electron chi connectivity index (χ2n) is 4.25. The average molecular weight is 198 g/mol. The van der Waals surface area contributed by atoms with Crippen LogP contribution in [0.2, 0.25) is 19.1 Å². The highest BCUT2D eigenvalue weighted by Gasteiger charge is 2.21. The molecule has 1 aromatic heterocycles. The van der Waals surface area contributed by atoms with Crippen LogP contribution in [0.25, 0.3) is 0 Å². The van der Waals surface area contributed by atoms with Crippen LogP contribution in [0.4, 0.5) is 0 Å². The molecule has 2 nitrogen and oxygen atoms in total. The van der Waals surface area contributed by atoms with Crippen molar-refractivity contribution in [1.82, 2.24) is 0 Å². The molecule has 0 aliphatic rings. The van der Waals surface area contributed by atoms with Crippen LogP contribution in [0.3, 0.4) is 0 Å². The molecule has 1 rings (SSSR count). The number of aliphatic hydroxyl groups excluding tert-OH is 1. The van der Waals surface area contributed by atoms with Gasteiger partial charge in [-0.15, -0.1) is 0 Å². The molecule has 0 aliphatic carbocycles. The van der Waals surface area contributed by atoms with Crippen molar-refractivity contribution in [3.63, 3.8) is 0 Å². The lowest BCUT2D eigenvalue weighted by Gasteiger charge is -2.20. The summed E-state index contributed by atoms with van der Waals surface area (Å²) in [6.07, 6.45) is 2.66. The minimum Gasteiger partial charge on any atom is -0.470 e. The van der Waals surface area contributed by atoms with E-state index in [1.165, 1.54) is 6.04 Å². The summed E-state index contributed by atoms with van der Waals surface area (Å²) in [5.41, 5.74) is 0. The van der Waals surface area contributed by atoms with Crippen molar-refractivity contribution in [1.29, 1.82) is 0 Å². The first-order chi connectivity index (χ1) is 6.14. The van der Waals surface area contributed by atoms with Gasteiger partial charge in [-0.05, 0) is 18.6 Å². The van der Waals surface area contributed by atoms with Gasteiger partial charge >= 0.3 is 0 Å². The lowest BCUT2D eigenvalue weighted by atomic mass is 10.5. The monoisotopic (exact) mass is 198 g/mol. The molecule has 1 N–H and O–H groups in total. The van der Waals surface area contributed by atoms with E-state index in [1.807, 2.05) is 12.1 Å². The van der Waals surface area contributed by atoms with Gasteiger partial charge in [-0.3, -0.25) is 0 Å². The Morgan fingerprint density at radius 3 is 2.77 bits per heavy atom. The third kappa shape index (κ3) is 3.78. The van der Waals surface area contributed by atoms with Crippen LogP contribution in [-0.4, -0.2) is 19.8 Å². The zero-order valence-corrected chi connectivity index (χ0v) is 9.42. The molecule has 0 spiro atoms. The van der Waals surface area contributed by atoms with Gasteiger partial charge in [-0.25, -0.2) is 0 Å². The molecule has 1 aromatic rings. The summed E-state index contributed by atoms with van der Waals surface area (Å²) in [4.78, 5) is 0. The van der Waals surface area contributed by atoms with Crippen LogP contribution in [0.15, 0.2) is 22.8 Å². The number of furan rings is 1. The Labute approximate surface area is 80.6 Å². The van der Waals surface area contributed by atoms with Crippen LogP contribution in [0.1, 0.15) is 12.2 Å². The predicted molar refractivity (Wildman–Crippen MR) is 56.4 cm³/mol. The summed E-state index contributed by atoms with van der Waals surface area (Å²) in [5.74, 6) is 1.09. The normalized spacial score (nSPS) is 11.9. The van der Waals surface area contributed by atoms with Gasteiger partial charge in [0.05, 0.1) is 14.3 Å². The molecule has 0 aliphatic heterocycles. The Hall–Kier alpha value is -0.543. The molecule has 3 heteroatoms. The van der Waals surface area contributed by atoms with Crippen LogP contribution in [0, 0.1) is 0 Å². The van der Waals surface area contributed by atoms with Gasteiger partial charge < -0.3 is 9.52 Å². The van der Waals surface area contributed by atoms with Crippen LogP contribution in [-0.2, 0) is 6.04 Å². The molecular weight excluding hydrogens is 180 g/mol. The lowest BCUT2D eigenvalue weighted by Crippen LogP contribution is -2.29. The topological polar surface area (TPSA) is 33.4 Å². The zero-order valence-electron chi connectivity index (χ0n) is 8.42. The Morgan fingerprint density at radius 2 is 2.23 bits per heavy atom. The molecule has 0 atom stereocenters. The maximum atomic E-state index is 8.75. The molecule has 0 aromatic carbocycles. The molecule has 0 amide bonds. The van der Waals surface area contributed by atoms with Crippen molar-refractivity contribution in [2.75, 3.05) is 6.61 Å². The molecule has 1 heterocycles. The fourth-order valence-electron chi connectivity index (χ4n) is 1.53. The first kappa shape index (κ1) is 10.5. The smallest absolute Gasteiger partial charge is 0.101 e. The van der Waals surface area contributed by atoms with E-state index in [2.05, 4.69) is 13.1 Å². The highest BCUT2D eigenvalue weighted by Crippen LogP contribution is 2.18. The minimum absolute atomic E-state index is 0.314. The second kappa shape index (κ2) is 4.63. The van der Waals surface area contributed by atoms with Crippen molar-refractivity contribution in [2.45, 2.75) is 31.6 Å². The van der Waals surface area contributed by atoms with Gasteiger partial charge in [0.25, 0.3) is 0 Å². The quantitative estimate of drug-likeness (QED) is 0.737. The molecule has 74 valence electrons.